The highest BCUT2D eigenvalue weighted by atomic mass is 79.9. The number of anilines is 1. The Bertz CT molecular complexity index is 510. The third-order valence-corrected chi connectivity index (χ3v) is 3.09. The van der Waals surface area contributed by atoms with Crippen molar-refractivity contribution in [3.8, 4) is 0 Å². The van der Waals surface area contributed by atoms with Crippen molar-refractivity contribution in [3.05, 3.63) is 40.5 Å². The summed E-state index contributed by atoms with van der Waals surface area (Å²) in [5.41, 5.74) is 0.233. The number of benzene rings is 1. The van der Waals surface area contributed by atoms with Crippen molar-refractivity contribution in [1.29, 1.82) is 0 Å². The molecule has 0 heterocycles. The van der Waals surface area contributed by atoms with E-state index < -0.39 is 17.5 Å². The topological polar surface area (TPSA) is 75.6 Å². The molecule has 0 fully saturated rings. The number of hydrogen-bond acceptors (Lipinski definition) is 4. The Morgan fingerprint density at radius 3 is 2.50 bits per heavy atom. The molecule has 6 heteroatoms. The van der Waals surface area contributed by atoms with Gasteiger partial charge in [-0.15, -0.1) is 0 Å². The summed E-state index contributed by atoms with van der Waals surface area (Å²) in [4.78, 5) is 22.8. The molecule has 2 N–H and O–H groups in total. The molecule has 1 rings (SSSR count). The standard InChI is InChI=1S/C14H16BrNO4/c1-3-9(2)20-14(19)12(13(17)18)8-16-11-6-4-10(15)5-7-11/h4-9,16H,3H2,1-2H3,(H,17,18). The Balaban J connectivity index is 2.80. The first-order chi connectivity index (χ1) is 9.43. The normalized spacial score (nSPS) is 12.7. The van der Waals surface area contributed by atoms with Crippen LogP contribution in [0.2, 0.25) is 0 Å². The van der Waals surface area contributed by atoms with Gasteiger partial charge >= 0.3 is 11.9 Å². The summed E-state index contributed by atoms with van der Waals surface area (Å²) in [5, 5.41) is 11.8. The Labute approximate surface area is 125 Å². The van der Waals surface area contributed by atoms with Crippen molar-refractivity contribution in [2.24, 2.45) is 0 Å². The number of hydrogen-bond donors (Lipinski definition) is 2. The van der Waals surface area contributed by atoms with Crippen LogP contribution in [0.5, 0.6) is 0 Å². The van der Waals surface area contributed by atoms with E-state index in [1.807, 2.05) is 6.92 Å². The Morgan fingerprint density at radius 1 is 1.40 bits per heavy atom. The maximum atomic E-state index is 11.7. The number of rotatable bonds is 6. The van der Waals surface area contributed by atoms with E-state index in [1.54, 1.807) is 31.2 Å². The summed E-state index contributed by atoms with van der Waals surface area (Å²) >= 11 is 3.30. The van der Waals surface area contributed by atoms with E-state index in [1.165, 1.54) is 0 Å². The minimum absolute atomic E-state index is 0.321. The van der Waals surface area contributed by atoms with Crippen LogP contribution in [0.15, 0.2) is 40.5 Å². The van der Waals surface area contributed by atoms with Crippen LogP contribution >= 0.6 is 15.9 Å². The third-order valence-electron chi connectivity index (χ3n) is 2.56. The highest BCUT2D eigenvalue weighted by Crippen LogP contribution is 2.14. The van der Waals surface area contributed by atoms with Gasteiger partial charge in [-0.2, -0.15) is 0 Å². The van der Waals surface area contributed by atoms with Gasteiger partial charge in [-0.05, 0) is 37.6 Å². The first-order valence-corrected chi connectivity index (χ1v) is 6.90. The molecule has 0 aliphatic rings. The van der Waals surface area contributed by atoms with E-state index in [4.69, 9.17) is 9.84 Å². The number of carboxylic acid groups (broad SMARTS) is 1. The second kappa shape index (κ2) is 7.69. The Hall–Kier alpha value is -1.82. The summed E-state index contributed by atoms with van der Waals surface area (Å²) in [6.07, 6.45) is 1.44. The molecule has 5 nitrogen and oxygen atoms in total. The fourth-order valence-electron chi connectivity index (χ4n) is 1.24. The number of aliphatic carboxylic acids is 1. The van der Waals surface area contributed by atoms with E-state index in [-0.39, 0.29) is 6.10 Å². The summed E-state index contributed by atoms with van der Waals surface area (Å²) in [6.45, 7) is 3.56. The SMILES string of the molecule is CCC(C)OC(=O)C(=CNc1ccc(Br)cc1)C(=O)O. The molecule has 1 unspecified atom stereocenters. The zero-order chi connectivity index (χ0) is 15.1. The molecule has 0 radical (unpaired) electrons. The lowest BCUT2D eigenvalue weighted by atomic mass is 10.2. The molecule has 108 valence electrons. The Morgan fingerprint density at radius 2 is 2.00 bits per heavy atom. The maximum Gasteiger partial charge on any atom is 0.347 e. The van der Waals surface area contributed by atoms with Crippen LogP contribution in [0.25, 0.3) is 0 Å². The van der Waals surface area contributed by atoms with Gasteiger partial charge in [0.2, 0.25) is 0 Å². The van der Waals surface area contributed by atoms with Gasteiger partial charge in [0.15, 0.2) is 5.57 Å². The number of carboxylic acids is 1. The second-order valence-corrected chi connectivity index (χ2v) is 5.05. The first-order valence-electron chi connectivity index (χ1n) is 6.10. The highest BCUT2D eigenvalue weighted by molar-refractivity contribution is 9.10. The number of nitrogens with one attached hydrogen (secondary N) is 1. The third kappa shape index (κ3) is 5.05. The van der Waals surface area contributed by atoms with E-state index in [0.717, 1.165) is 10.7 Å². The number of carbonyl (C=O) groups is 2. The zero-order valence-electron chi connectivity index (χ0n) is 11.2. The molecule has 0 bridgehead atoms. The largest absolute Gasteiger partial charge is 0.477 e. The number of esters is 1. The number of halogens is 1. The molecule has 0 saturated heterocycles. The molecule has 0 amide bonds. The van der Waals surface area contributed by atoms with Gasteiger partial charge in [0.1, 0.15) is 0 Å². The predicted octanol–water partition coefficient (Wildman–Crippen LogP) is 3.17. The monoisotopic (exact) mass is 341 g/mol. The van der Waals surface area contributed by atoms with E-state index in [2.05, 4.69) is 21.2 Å². The molecule has 0 spiro atoms. The van der Waals surface area contributed by atoms with Crippen LogP contribution in [-0.4, -0.2) is 23.1 Å². The quantitative estimate of drug-likeness (QED) is 0.359. The summed E-state index contributed by atoms with van der Waals surface area (Å²) in [5.74, 6) is -2.18. The predicted molar refractivity (Wildman–Crippen MR) is 79.3 cm³/mol. The maximum absolute atomic E-state index is 11.7. The van der Waals surface area contributed by atoms with Crippen LogP contribution in [0.4, 0.5) is 5.69 Å². The van der Waals surface area contributed by atoms with Gasteiger partial charge in [-0.3, -0.25) is 0 Å². The smallest absolute Gasteiger partial charge is 0.347 e. The van der Waals surface area contributed by atoms with Gasteiger partial charge in [0.05, 0.1) is 6.10 Å². The van der Waals surface area contributed by atoms with Gasteiger partial charge in [-0.1, -0.05) is 22.9 Å². The van der Waals surface area contributed by atoms with Crippen LogP contribution < -0.4 is 5.32 Å². The average Bonchev–Trinajstić information content (AvgIpc) is 2.40. The minimum Gasteiger partial charge on any atom is -0.477 e. The van der Waals surface area contributed by atoms with Crippen molar-refractivity contribution in [1.82, 2.24) is 0 Å². The van der Waals surface area contributed by atoms with Crippen molar-refractivity contribution in [3.63, 3.8) is 0 Å². The lowest BCUT2D eigenvalue weighted by molar-refractivity contribution is -0.147. The fourth-order valence-corrected chi connectivity index (χ4v) is 1.50. The van der Waals surface area contributed by atoms with E-state index in [0.29, 0.717) is 12.1 Å². The molecule has 0 aromatic heterocycles. The van der Waals surface area contributed by atoms with Crippen molar-refractivity contribution in [2.45, 2.75) is 26.4 Å². The van der Waals surface area contributed by atoms with E-state index >= 15 is 0 Å². The van der Waals surface area contributed by atoms with E-state index in [9.17, 15) is 9.59 Å². The van der Waals surface area contributed by atoms with Crippen LogP contribution in [0, 0.1) is 0 Å². The molecule has 1 aromatic rings. The fraction of sp³-hybridized carbons (Fsp3) is 0.286. The summed E-state index contributed by atoms with van der Waals surface area (Å²) < 4.78 is 5.90. The van der Waals surface area contributed by atoms with Crippen LogP contribution in [-0.2, 0) is 14.3 Å². The first kappa shape index (κ1) is 16.2. The molecule has 1 aromatic carbocycles. The van der Waals surface area contributed by atoms with Gasteiger partial charge in [0.25, 0.3) is 0 Å². The van der Waals surface area contributed by atoms with Crippen molar-refractivity contribution in [2.75, 3.05) is 5.32 Å². The van der Waals surface area contributed by atoms with Crippen molar-refractivity contribution >= 4 is 33.6 Å². The molecule has 20 heavy (non-hydrogen) atoms. The number of carbonyl (C=O) groups excluding carboxylic acids is 1. The highest BCUT2D eigenvalue weighted by Gasteiger charge is 2.20. The zero-order valence-corrected chi connectivity index (χ0v) is 12.8. The summed E-state index contributed by atoms with van der Waals surface area (Å²) in [7, 11) is 0. The molecular weight excluding hydrogens is 326 g/mol. The summed E-state index contributed by atoms with van der Waals surface area (Å²) in [6, 6.07) is 7.10. The average molecular weight is 342 g/mol. The van der Waals surface area contributed by atoms with Crippen LogP contribution in [0.1, 0.15) is 20.3 Å². The lowest BCUT2D eigenvalue weighted by Gasteiger charge is -2.11. The molecular formula is C14H16BrNO4. The number of ether oxygens (including phenoxy) is 1. The Kier molecular flexibility index (Phi) is 6.24. The molecule has 0 saturated carbocycles. The van der Waals surface area contributed by atoms with Crippen LogP contribution in [0.3, 0.4) is 0 Å². The molecule has 1 atom stereocenters. The molecule has 0 aliphatic carbocycles. The van der Waals surface area contributed by atoms with Gasteiger partial charge in [0, 0.05) is 16.4 Å². The lowest BCUT2D eigenvalue weighted by Crippen LogP contribution is -2.21. The second-order valence-electron chi connectivity index (χ2n) is 4.14. The molecule has 0 aliphatic heterocycles. The van der Waals surface area contributed by atoms with Gasteiger partial charge < -0.3 is 15.2 Å². The van der Waals surface area contributed by atoms with Crippen molar-refractivity contribution < 1.29 is 19.4 Å². The minimum atomic E-state index is -1.33. The van der Waals surface area contributed by atoms with Gasteiger partial charge in [-0.25, -0.2) is 9.59 Å².